The van der Waals surface area contributed by atoms with Crippen LogP contribution in [-0.4, -0.2) is 25.1 Å². The number of aromatic hydroxyl groups is 1. The van der Waals surface area contributed by atoms with Crippen LogP contribution in [0.15, 0.2) is 60.7 Å². The molecule has 2 rings (SSSR count). The molecular formula is C21H19NO4. The van der Waals surface area contributed by atoms with Crippen LogP contribution in [0.3, 0.4) is 0 Å². The molecule has 0 aliphatic carbocycles. The van der Waals surface area contributed by atoms with Gasteiger partial charge in [0.15, 0.2) is 11.5 Å². The largest absolute Gasteiger partial charge is 0.508 e. The fourth-order valence-corrected chi connectivity index (χ4v) is 2.54. The summed E-state index contributed by atoms with van der Waals surface area (Å²) in [4.78, 5) is 12.8. The molecule has 0 saturated carbocycles. The Hall–Kier alpha value is -3.52. The van der Waals surface area contributed by atoms with Gasteiger partial charge in [-0.05, 0) is 54.0 Å². The molecule has 0 amide bonds. The first-order valence-electron chi connectivity index (χ1n) is 7.86. The molecule has 0 aromatic heterocycles. The third kappa shape index (κ3) is 3.93. The van der Waals surface area contributed by atoms with E-state index in [-0.39, 0.29) is 11.3 Å². The number of nitriles is 1. The summed E-state index contributed by atoms with van der Waals surface area (Å²) < 4.78 is 10.5. The van der Waals surface area contributed by atoms with Crippen molar-refractivity contribution < 1.29 is 19.4 Å². The van der Waals surface area contributed by atoms with Crippen LogP contribution in [0.4, 0.5) is 0 Å². The lowest BCUT2D eigenvalue weighted by Gasteiger charge is -2.13. The number of Topliss-reactive ketones (excluding diaryl/α,β-unsaturated/α-hetero) is 1. The molecule has 1 N–H and O–H groups in total. The van der Waals surface area contributed by atoms with E-state index in [2.05, 4.69) is 6.58 Å². The number of ether oxygens (including phenoxy) is 2. The first-order chi connectivity index (χ1) is 12.5. The van der Waals surface area contributed by atoms with Gasteiger partial charge in [0.1, 0.15) is 17.4 Å². The van der Waals surface area contributed by atoms with Crippen molar-refractivity contribution in [1.82, 2.24) is 0 Å². The second kappa shape index (κ2) is 8.54. The third-order valence-corrected chi connectivity index (χ3v) is 3.85. The monoisotopic (exact) mass is 349 g/mol. The number of nitrogens with zero attached hydrogens (tertiary/aromatic N) is 1. The Morgan fingerprint density at radius 2 is 1.73 bits per heavy atom. The standard InChI is InChI=1S/C21H19NO4/c1-4-5-17(15-8-11-19(25-2)20(12-15)26-3)18(13-22)21(24)14-6-9-16(23)10-7-14/h4,6-12,23H,1,5H2,2-3H3. The molecule has 132 valence electrons. The van der Waals surface area contributed by atoms with Gasteiger partial charge >= 0.3 is 0 Å². The highest BCUT2D eigenvalue weighted by atomic mass is 16.5. The Kier molecular flexibility index (Phi) is 6.18. The predicted molar refractivity (Wildman–Crippen MR) is 99.3 cm³/mol. The summed E-state index contributed by atoms with van der Waals surface area (Å²) in [5, 5.41) is 19.0. The van der Waals surface area contributed by atoms with Crippen molar-refractivity contribution in [3.05, 3.63) is 71.8 Å². The lowest BCUT2D eigenvalue weighted by Crippen LogP contribution is -2.05. The van der Waals surface area contributed by atoms with Crippen molar-refractivity contribution in [2.24, 2.45) is 0 Å². The second-order valence-electron chi connectivity index (χ2n) is 5.40. The van der Waals surface area contributed by atoms with Crippen LogP contribution in [0.1, 0.15) is 22.3 Å². The van der Waals surface area contributed by atoms with E-state index in [4.69, 9.17) is 9.47 Å². The molecule has 2 aromatic carbocycles. The van der Waals surface area contributed by atoms with Crippen LogP contribution in [-0.2, 0) is 0 Å². The van der Waals surface area contributed by atoms with E-state index in [9.17, 15) is 15.2 Å². The lowest BCUT2D eigenvalue weighted by molar-refractivity contribution is 0.103. The number of phenolic OH excluding ortho intramolecular Hbond substituents is 1. The first kappa shape index (κ1) is 18.8. The normalized spacial score (nSPS) is 11.1. The van der Waals surface area contributed by atoms with Gasteiger partial charge in [0.2, 0.25) is 5.78 Å². The predicted octanol–water partition coefficient (Wildman–Crippen LogP) is 4.15. The van der Waals surface area contributed by atoms with Gasteiger partial charge in [-0.2, -0.15) is 5.26 Å². The summed E-state index contributed by atoms with van der Waals surface area (Å²) in [6.07, 6.45) is 1.97. The second-order valence-corrected chi connectivity index (χ2v) is 5.40. The molecule has 0 bridgehead atoms. The van der Waals surface area contributed by atoms with E-state index >= 15 is 0 Å². The number of carbonyl (C=O) groups excluding carboxylic acids is 1. The van der Waals surface area contributed by atoms with E-state index in [1.807, 2.05) is 6.07 Å². The fourth-order valence-electron chi connectivity index (χ4n) is 2.54. The highest BCUT2D eigenvalue weighted by Crippen LogP contribution is 2.33. The van der Waals surface area contributed by atoms with Gasteiger partial charge in [-0.1, -0.05) is 12.1 Å². The SMILES string of the molecule is C=CCC(=C(C#N)C(=O)c1ccc(O)cc1)c1ccc(OC)c(OC)c1. The zero-order chi connectivity index (χ0) is 19.1. The molecule has 0 aliphatic rings. The van der Waals surface area contributed by atoms with E-state index in [1.54, 1.807) is 24.3 Å². The molecule has 5 heteroatoms. The van der Waals surface area contributed by atoms with Crippen LogP contribution in [0.2, 0.25) is 0 Å². The molecule has 26 heavy (non-hydrogen) atoms. The molecule has 0 heterocycles. The summed E-state index contributed by atoms with van der Waals surface area (Å²) in [5.74, 6) is 0.688. The molecule has 0 fully saturated rings. The van der Waals surface area contributed by atoms with Crippen molar-refractivity contribution in [2.45, 2.75) is 6.42 Å². The van der Waals surface area contributed by atoms with Gasteiger partial charge in [0.05, 0.1) is 14.2 Å². The number of rotatable bonds is 7. The number of benzene rings is 2. The van der Waals surface area contributed by atoms with Gasteiger partial charge in [0.25, 0.3) is 0 Å². The lowest BCUT2D eigenvalue weighted by atomic mass is 9.92. The van der Waals surface area contributed by atoms with E-state index in [1.165, 1.54) is 38.5 Å². The summed E-state index contributed by atoms with van der Waals surface area (Å²) in [6, 6.07) is 13.0. The number of ketones is 1. The zero-order valence-corrected chi connectivity index (χ0v) is 14.7. The van der Waals surface area contributed by atoms with Crippen molar-refractivity contribution in [1.29, 1.82) is 5.26 Å². The number of hydrogen-bond acceptors (Lipinski definition) is 5. The van der Waals surface area contributed by atoms with Gasteiger partial charge in [-0.25, -0.2) is 0 Å². The molecule has 0 atom stereocenters. The summed E-state index contributed by atoms with van der Waals surface area (Å²) in [5.41, 5.74) is 1.55. The molecule has 5 nitrogen and oxygen atoms in total. The minimum absolute atomic E-state index is 0.0165. The Bertz CT molecular complexity index is 889. The maximum absolute atomic E-state index is 12.8. The number of carbonyl (C=O) groups is 1. The summed E-state index contributed by atoms with van der Waals surface area (Å²) in [6.45, 7) is 3.72. The summed E-state index contributed by atoms with van der Waals surface area (Å²) >= 11 is 0. The van der Waals surface area contributed by atoms with Crippen molar-refractivity contribution in [2.75, 3.05) is 14.2 Å². The number of methoxy groups -OCH3 is 2. The molecule has 0 radical (unpaired) electrons. The fraction of sp³-hybridized carbons (Fsp3) is 0.143. The molecule has 0 unspecified atom stereocenters. The Balaban J connectivity index is 2.60. The third-order valence-electron chi connectivity index (χ3n) is 3.85. The maximum Gasteiger partial charge on any atom is 0.203 e. The quantitative estimate of drug-likeness (QED) is 0.352. The number of allylic oxidation sites excluding steroid dienone is 3. The van der Waals surface area contributed by atoms with Gasteiger partial charge in [-0.15, -0.1) is 6.58 Å². The minimum Gasteiger partial charge on any atom is -0.508 e. The Labute approximate surface area is 152 Å². The average Bonchev–Trinajstić information content (AvgIpc) is 2.67. The van der Waals surface area contributed by atoms with Gasteiger partial charge < -0.3 is 14.6 Å². The Morgan fingerprint density at radius 3 is 2.27 bits per heavy atom. The minimum atomic E-state index is -0.417. The first-order valence-corrected chi connectivity index (χ1v) is 7.86. The highest BCUT2D eigenvalue weighted by molar-refractivity contribution is 6.16. The van der Waals surface area contributed by atoms with Crippen LogP contribution in [0, 0.1) is 11.3 Å². The number of hydrogen-bond donors (Lipinski definition) is 1. The maximum atomic E-state index is 12.8. The Morgan fingerprint density at radius 1 is 1.12 bits per heavy atom. The summed E-state index contributed by atoms with van der Waals surface area (Å²) in [7, 11) is 3.05. The smallest absolute Gasteiger partial charge is 0.203 e. The topological polar surface area (TPSA) is 79.6 Å². The van der Waals surface area contributed by atoms with E-state index in [0.717, 1.165) is 0 Å². The molecule has 0 saturated heterocycles. The number of phenols is 1. The molecule has 2 aromatic rings. The highest BCUT2D eigenvalue weighted by Gasteiger charge is 2.19. The van der Waals surface area contributed by atoms with Crippen molar-refractivity contribution >= 4 is 11.4 Å². The molecular weight excluding hydrogens is 330 g/mol. The van der Waals surface area contributed by atoms with E-state index < -0.39 is 5.78 Å². The van der Waals surface area contributed by atoms with Crippen LogP contribution < -0.4 is 9.47 Å². The van der Waals surface area contributed by atoms with Gasteiger partial charge in [-0.3, -0.25) is 4.79 Å². The van der Waals surface area contributed by atoms with Crippen molar-refractivity contribution in [3.63, 3.8) is 0 Å². The van der Waals surface area contributed by atoms with Gasteiger partial charge in [0, 0.05) is 5.56 Å². The average molecular weight is 349 g/mol. The zero-order valence-electron chi connectivity index (χ0n) is 14.7. The van der Waals surface area contributed by atoms with Crippen LogP contribution >= 0.6 is 0 Å². The molecule has 0 spiro atoms. The van der Waals surface area contributed by atoms with Crippen LogP contribution in [0.5, 0.6) is 17.2 Å². The van der Waals surface area contributed by atoms with E-state index in [0.29, 0.717) is 34.6 Å². The van der Waals surface area contributed by atoms with Crippen LogP contribution in [0.25, 0.3) is 5.57 Å². The molecule has 0 aliphatic heterocycles. The van der Waals surface area contributed by atoms with Crippen molar-refractivity contribution in [3.8, 4) is 23.3 Å².